The zero-order valence-electron chi connectivity index (χ0n) is 21.9. The minimum absolute atomic E-state index is 0.0730. The quantitative estimate of drug-likeness (QED) is 0.222. The predicted molar refractivity (Wildman–Crippen MR) is 163 cm³/mol. The predicted octanol–water partition coefficient (Wildman–Crippen LogP) is 9.58. The second-order valence-electron chi connectivity index (χ2n) is 11.1. The summed E-state index contributed by atoms with van der Waals surface area (Å²) in [6.45, 7) is 4.64. The van der Waals surface area contributed by atoms with Crippen molar-refractivity contribution in [2.45, 2.75) is 19.3 Å². The highest BCUT2D eigenvalue weighted by Gasteiger charge is 2.35. The molecule has 0 atom stereocenters. The van der Waals surface area contributed by atoms with Gasteiger partial charge >= 0.3 is 0 Å². The minimum atomic E-state index is -0.0730. The van der Waals surface area contributed by atoms with Crippen molar-refractivity contribution in [3.8, 4) is 33.6 Å². The van der Waals surface area contributed by atoms with Crippen LogP contribution in [0.1, 0.15) is 25.0 Å². The summed E-state index contributed by atoms with van der Waals surface area (Å²) in [4.78, 5) is 10.4. The van der Waals surface area contributed by atoms with E-state index in [0.717, 1.165) is 33.5 Å². The standard InChI is InChI=1S/C37H26N2/c1-37(2)31-12-6-5-11-29(31)30-20-18-26(22-32(30)37)36-35(38-33-13-7-8-14-34(33)39-36)25-17-19-28-24(21-25)16-15-23-9-3-4-10-27(23)28/h3-22H,1-2H3. The van der Waals surface area contributed by atoms with E-state index in [0.29, 0.717) is 0 Å². The lowest BCUT2D eigenvalue weighted by Gasteiger charge is -2.22. The second kappa shape index (κ2) is 8.09. The number of aromatic nitrogens is 2. The maximum atomic E-state index is 5.21. The molecule has 6 aromatic carbocycles. The van der Waals surface area contributed by atoms with Crippen LogP contribution in [0.4, 0.5) is 0 Å². The third-order valence-corrected chi connectivity index (χ3v) is 8.45. The molecule has 0 bridgehead atoms. The number of benzene rings is 6. The summed E-state index contributed by atoms with van der Waals surface area (Å²) >= 11 is 0. The molecule has 0 fully saturated rings. The Labute approximate surface area is 227 Å². The van der Waals surface area contributed by atoms with E-state index >= 15 is 0 Å². The van der Waals surface area contributed by atoms with Gasteiger partial charge in [-0.3, -0.25) is 0 Å². The molecule has 39 heavy (non-hydrogen) atoms. The van der Waals surface area contributed by atoms with Crippen molar-refractivity contribution in [2.24, 2.45) is 0 Å². The Morgan fingerprint density at radius 2 is 1.05 bits per heavy atom. The molecular weight excluding hydrogens is 472 g/mol. The van der Waals surface area contributed by atoms with Gasteiger partial charge in [0.15, 0.2) is 0 Å². The van der Waals surface area contributed by atoms with Crippen molar-refractivity contribution in [3.63, 3.8) is 0 Å². The fourth-order valence-electron chi connectivity index (χ4n) is 6.41. The Kier molecular flexibility index (Phi) is 4.60. The zero-order chi connectivity index (χ0) is 26.1. The summed E-state index contributed by atoms with van der Waals surface area (Å²) in [5.41, 5.74) is 11.1. The molecule has 0 N–H and O–H groups in total. The number of para-hydroxylation sites is 2. The summed E-state index contributed by atoms with van der Waals surface area (Å²) in [6.07, 6.45) is 0. The maximum Gasteiger partial charge on any atom is 0.0973 e. The molecule has 1 aromatic heterocycles. The van der Waals surface area contributed by atoms with Crippen LogP contribution in [0.15, 0.2) is 121 Å². The highest BCUT2D eigenvalue weighted by molar-refractivity contribution is 6.08. The van der Waals surface area contributed by atoms with E-state index in [1.54, 1.807) is 0 Å². The van der Waals surface area contributed by atoms with E-state index < -0.39 is 0 Å². The summed E-state index contributed by atoms with van der Waals surface area (Å²) in [5, 5.41) is 4.99. The lowest BCUT2D eigenvalue weighted by atomic mass is 9.81. The average molecular weight is 499 g/mol. The van der Waals surface area contributed by atoms with E-state index in [2.05, 4.69) is 117 Å². The van der Waals surface area contributed by atoms with Gasteiger partial charge in [0, 0.05) is 16.5 Å². The number of hydrogen-bond donors (Lipinski definition) is 0. The van der Waals surface area contributed by atoms with Crippen LogP contribution in [0.2, 0.25) is 0 Å². The van der Waals surface area contributed by atoms with E-state index in [1.165, 1.54) is 43.8 Å². The van der Waals surface area contributed by atoms with Crippen molar-refractivity contribution in [2.75, 3.05) is 0 Å². The Balaban J connectivity index is 1.36. The Morgan fingerprint density at radius 3 is 1.87 bits per heavy atom. The van der Waals surface area contributed by atoms with Crippen molar-refractivity contribution in [1.29, 1.82) is 0 Å². The normalized spacial score (nSPS) is 13.6. The first-order valence-corrected chi connectivity index (χ1v) is 13.5. The Morgan fingerprint density at radius 1 is 0.462 bits per heavy atom. The highest BCUT2D eigenvalue weighted by Crippen LogP contribution is 2.49. The number of nitrogens with zero attached hydrogens (tertiary/aromatic N) is 2. The lowest BCUT2D eigenvalue weighted by molar-refractivity contribution is 0.660. The van der Waals surface area contributed by atoms with Crippen molar-refractivity contribution in [3.05, 3.63) is 132 Å². The van der Waals surface area contributed by atoms with Crippen LogP contribution < -0.4 is 0 Å². The molecular formula is C37H26N2. The molecule has 1 heterocycles. The van der Waals surface area contributed by atoms with E-state index in [9.17, 15) is 0 Å². The Bertz CT molecular complexity index is 2100. The molecule has 0 aliphatic heterocycles. The average Bonchev–Trinajstić information content (AvgIpc) is 3.22. The summed E-state index contributed by atoms with van der Waals surface area (Å²) < 4.78 is 0. The largest absolute Gasteiger partial charge is 0.244 e. The summed E-state index contributed by atoms with van der Waals surface area (Å²) in [6, 6.07) is 43.4. The summed E-state index contributed by atoms with van der Waals surface area (Å²) in [5.74, 6) is 0. The first-order chi connectivity index (χ1) is 19.1. The Hall–Kier alpha value is -4.82. The number of hydrogen-bond acceptors (Lipinski definition) is 2. The first-order valence-electron chi connectivity index (χ1n) is 13.5. The molecule has 0 spiro atoms. The molecule has 7 aromatic rings. The third kappa shape index (κ3) is 3.28. The fourth-order valence-corrected chi connectivity index (χ4v) is 6.41. The molecule has 1 aliphatic rings. The SMILES string of the molecule is CC1(C)c2ccccc2-c2ccc(-c3nc4ccccc4nc3-c3ccc4c(ccc5ccccc54)c3)cc21. The molecule has 0 radical (unpaired) electrons. The van der Waals surface area contributed by atoms with Crippen LogP contribution in [0.3, 0.4) is 0 Å². The molecule has 0 saturated carbocycles. The topological polar surface area (TPSA) is 25.8 Å². The van der Waals surface area contributed by atoms with Gasteiger partial charge in [-0.25, -0.2) is 9.97 Å². The van der Waals surface area contributed by atoms with Gasteiger partial charge in [-0.15, -0.1) is 0 Å². The van der Waals surface area contributed by atoms with Gasteiger partial charge in [0.05, 0.1) is 22.4 Å². The van der Waals surface area contributed by atoms with Crippen LogP contribution in [0, 0.1) is 0 Å². The maximum absolute atomic E-state index is 5.21. The molecule has 0 unspecified atom stereocenters. The zero-order valence-corrected chi connectivity index (χ0v) is 21.9. The van der Waals surface area contributed by atoms with Crippen LogP contribution in [-0.2, 0) is 5.41 Å². The van der Waals surface area contributed by atoms with Crippen LogP contribution in [-0.4, -0.2) is 9.97 Å². The van der Waals surface area contributed by atoms with Crippen molar-refractivity contribution >= 4 is 32.6 Å². The highest BCUT2D eigenvalue weighted by atomic mass is 14.8. The molecule has 2 nitrogen and oxygen atoms in total. The minimum Gasteiger partial charge on any atom is -0.244 e. The third-order valence-electron chi connectivity index (χ3n) is 8.45. The second-order valence-corrected chi connectivity index (χ2v) is 11.1. The number of fused-ring (bicyclic) bond motifs is 7. The van der Waals surface area contributed by atoms with E-state index in [-0.39, 0.29) is 5.41 Å². The van der Waals surface area contributed by atoms with E-state index in [4.69, 9.17) is 9.97 Å². The van der Waals surface area contributed by atoms with Gasteiger partial charge in [0.1, 0.15) is 0 Å². The molecule has 184 valence electrons. The van der Waals surface area contributed by atoms with Crippen LogP contribution in [0.25, 0.3) is 66.2 Å². The van der Waals surface area contributed by atoms with Gasteiger partial charge in [-0.2, -0.15) is 0 Å². The van der Waals surface area contributed by atoms with Gasteiger partial charge in [0.25, 0.3) is 0 Å². The van der Waals surface area contributed by atoms with Gasteiger partial charge < -0.3 is 0 Å². The molecule has 0 saturated heterocycles. The van der Waals surface area contributed by atoms with Gasteiger partial charge in [0.2, 0.25) is 0 Å². The van der Waals surface area contributed by atoms with Crippen LogP contribution >= 0.6 is 0 Å². The van der Waals surface area contributed by atoms with Crippen molar-refractivity contribution < 1.29 is 0 Å². The molecule has 2 heteroatoms. The summed E-state index contributed by atoms with van der Waals surface area (Å²) in [7, 11) is 0. The lowest BCUT2D eigenvalue weighted by Crippen LogP contribution is -2.15. The number of rotatable bonds is 2. The van der Waals surface area contributed by atoms with E-state index in [1.807, 2.05) is 18.2 Å². The fraction of sp³-hybridized carbons (Fsp3) is 0.0811. The first kappa shape index (κ1) is 22.2. The van der Waals surface area contributed by atoms with Crippen molar-refractivity contribution in [1.82, 2.24) is 9.97 Å². The van der Waals surface area contributed by atoms with Gasteiger partial charge in [-0.1, -0.05) is 111 Å². The van der Waals surface area contributed by atoms with Gasteiger partial charge in [-0.05, 0) is 68.1 Å². The molecule has 1 aliphatic carbocycles. The smallest absolute Gasteiger partial charge is 0.0973 e. The monoisotopic (exact) mass is 498 g/mol. The molecule has 0 amide bonds. The van der Waals surface area contributed by atoms with Crippen LogP contribution in [0.5, 0.6) is 0 Å². The molecule has 8 rings (SSSR count).